The standard InChI is InChI=1S/C22H29N5O3/c1-22(2,3)30-21(28)25-10-11-26-16-29-14-17(12-19(26)13-25)6-4-7-18-8-5-9-27-20(18)23-15-24-27/h5,8-9,15,17,19H,6,10-14,16H2,1-3H3/t17-,19-/m0/s1. The highest BCUT2D eigenvalue weighted by Crippen LogP contribution is 2.24. The van der Waals surface area contributed by atoms with Crippen molar-refractivity contribution in [1.82, 2.24) is 24.4 Å². The Morgan fingerprint density at radius 2 is 2.23 bits per heavy atom. The van der Waals surface area contributed by atoms with E-state index in [0.29, 0.717) is 32.3 Å². The van der Waals surface area contributed by atoms with Crippen LogP contribution in [0.3, 0.4) is 0 Å². The minimum atomic E-state index is -0.480. The van der Waals surface area contributed by atoms with Gasteiger partial charge in [0.05, 0.1) is 18.9 Å². The average molecular weight is 412 g/mol. The minimum Gasteiger partial charge on any atom is -0.444 e. The van der Waals surface area contributed by atoms with Crippen molar-refractivity contribution >= 4 is 11.7 Å². The number of pyridine rings is 1. The molecule has 160 valence electrons. The zero-order valence-corrected chi connectivity index (χ0v) is 17.9. The van der Waals surface area contributed by atoms with Gasteiger partial charge in [-0.3, -0.25) is 4.90 Å². The van der Waals surface area contributed by atoms with Crippen molar-refractivity contribution in [2.75, 3.05) is 33.0 Å². The number of aromatic nitrogens is 3. The van der Waals surface area contributed by atoms with Crippen LogP contribution in [0.15, 0.2) is 24.7 Å². The predicted octanol–water partition coefficient (Wildman–Crippen LogP) is 2.39. The van der Waals surface area contributed by atoms with Crippen LogP contribution in [0.5, 0.6) is 0 Å². The fourth-order valence-corrected chi connectivity index (χ4v) is 3.95. The zero-order chi connectivity index (χ0) is 21.1. The van der Waals surface area contributed by atoms with E-state index in [9.17, 15) is 4.79 Å². The molecular formula is C22H29N5O3. The third-order valence-corrected chi connectivity index (χ3v) is 5.39. The van der Waals surface area contributed by atoms with Gasteiger partial charge < -0.3 is 14.4 Å². The molecule has 0 aliphatic carbocycles. The topological polar surface area (TPSA) is 72.2 Å². The summed E-state index contributed by atoms with van der Waals surface area (Å²) in [5.41, 5.74) is 1.17. The van der Waals surface area contributed by atoms with Crippen molar-refractivity contribution in [1.29, 1.82) is 0 Å². The third kappa shape index (κ3) is 4.91. The lowest BCUT2D eigenvalue weighted by Crippen LogP contribution is -2.55. The molecule has 2 aliphatic rings. The van der Waals surface area contributed by atoms with Crippen molar-refractivity contribution in [2.45, 2.75) is 45.3 Å². The van der Waals surface area contributed by atoms with E-state index in [0.717, 1.165) is 30.6 Å². The second-order valence-electron chi connectivity index (χ2n) is 8.95. The summed E-state index contributed by atoms with van der Waals surface area (Å²) in [7, 11) is 0. The zero-order valence-electron chi connectivity index (χ0n) is 17.9. The first kappa shape index (κ1) is 20.6. The summed E-state index contributed by atoms with van der Waals surface area (Å²) in [4.78, 5) is 20.9. The molecule has 0 aromatic carbocycles. The van der Waals surface area contributed by atoms with E-state index in [1.807, 2.05) is 44.0 Å². The molecule has 4 heterocycles. The Hall–Kier alpha value is -2.63. The molecule has 0 bridgehead atoms. The van der Waals surface area contributed by atoms with Crippen molar-refractivity contribution in [3.8, 4) is 11.8 Å². The van der Waals surface area contributed by atoms with Crippen molar-refractivity contribution in [3.63, 3.8) is 0 Å². The Morgan fingerprint density at radius 1 is 1.37 bits per heavy atom. The van der Waals surface area contributed by atoms with Gasteiger partial charge in [0.2, 0.25) is 0 Å². The molecule has 0 spiro atoms. The predicted molar refractivity (Wildman–Crippen MR) is 112 cm³/mol. The SMILES string of the molecule is CC(C)(C)OC(=O)N1CCN2COC[C@@H](CC#Cc3cccn4ncnc34)C[C@H]2C1. The fraction of sp³-hybridized carbons (Fsp3) is 0.591. The lowest BCUT2D eigenvalue weighted by atomic mass is 9.95. The van der Waals surface area contributed by atoms with Crippen LogP contribution in [0, 0.1) is 17.8 Å². The molecule has 0 radical (unpaired) electrons. The normalized spacial score (nSPS) is 22.7. The number of fused-ring (bicyclic) bond motifs is 2. The van der Waals surface area contributed by atoms with Gasteiger partial charge in [-0.05, 0) is 45.2 Å². The minimum absolute atomic E-state index is 0.231. The maximum Gasteiger partial charge on any atom is 0.410 e. The Labute approximate surface area is 177 Å². The molecule has 0 saturated carbocycles. The van der Waals surface area contributed by atoms with E-state index in [1.165, 1.54) is 6.33 Å². The largest absolute Gasteiger partial charge is 0.444 e. The van der Waals surface area contributed by atoms with Crippen LogP contribution in [-0.4, -0.2) is 75.1 Å². The van der Waals surface area contributed by atoms with Gasteiger partial charge in [0, 0.05) is 38.3 Å². The third-order valence-electron chi connectivity index (χ3n) is 5.39. The monoisotopic (exact) mass is 411 g/mol. The molecule has 8 nitrogen and oxygen atoms in total. The van der Waals surface area contributed by atoms with Crippen molar-refractivity contribution in [2.24, 2.45) is 5.92 Å². The Kier molecular flexibility index (Phi) is 5.93. The summed E-state index contributed by atoms with van der Waals surface area (Å²) in [5.74, 6) is 6.87. The van der Waals surface area contributed by atoms with E-state index >= 15 is 0 Å². The molecule has 2 atom stereocenters. The quantitative estimate of drug-likeness (QED) is 0.671. The molecule has 0 unspecified atom stereocenters. The second kappa shape index (κ2) is 8.62. The molecule has 0 N–H and O–H groups in total. The summed E-state index contributed by atoms with van der Waals surface area (Å²) in [6.45, 7) is 9.12. The number of rotatable bonds is 1. The average Bonchev–Trinajstić information content (AvgIpc) is 3.08. The van der Waals surface area contributed by atoms with Crippen LogP contribution in [0.2, 0.25) is 0 Å². The molecule has 4 rings (SSSR count). The number of nitrogens with zero attached hydrogens (tertiary/aromatic N) is 5. The van der Waals surface area contributed by atoms with Crippen LogP contribution in [0.4, 0.5) is 4.79 Å². The van der Waals surface area contributed by atoms with Crippen LogP contribution in [0.1, 0.15) is 39.2 Å². The van der Waals surface area contributed by atoms with Crippen LogP contribution in [-0.2, 0) is 9.47 Å². The Balaban J connectivity index is 1.38. The Bertz CT molecular complexity index is 955. The maximum absolute atomic E-state index is 12.5. The number of carbonyl (C=O) groups excluding carboxylic acids is 1. The number of ether oxygens (including phenoxy) is 2. The molecular weight excluding hydrogens is 382 g/mol. The summed E-state index contributed by atoms with van der Waals surface area (Å²) >= 11 is 0. The molecule has 2 fully saturated rings. The van der Waals surface area contributed by atoms with Gasteiger partial charge in [-0.25, -0.2) is 14.3 Å². The number of hydrogen-bond donors (Lipinski definition) is 0. The van der Waals surface area contributed by atoms with Crippen LogP contribution >= 0.6 is 0 Å². The lowest BCUT2D eigenvalue weighted by molar-refractivity contribution is -0.0231. The van der Waals surface area contributed by atoms with Gasteiger partial charge >= 0.3 is 6.09 Å². The summed E-state index contributed by atoms with van der Waals surface area (Å²) in [6, 6.07) is 4.15. The van der Waals surface area contributed by atoms with Gasteiger partial charge in [0.1, 0.15) is 11.9 Å². The lowest BCUT2D eigenvalue weighted by Gasteiger charge is -2.40. The first-order chi connectivity index (χ1) is 14.4. The summed E-state index contributed by atoms with van der Waals surface area (Å²) < 4.78 is 13.2. The van der Waals surface area contributed by atoms with E-state index in [1.54, 1.807) is 4.52 Å². The van der Waals surface area contributed by atoms with Gasteiger partial charge in [0.15, 0.2) is 5.65 Å². The fourth-order valence-electron chi connectivity index (χ4n) is 3.95. The molecule has 2 aliphatic heterocycles. The second-order valence-corrected chi connectivity index (χ2v) is 8.95. The van der Waals surface area contributed by atoms with Gasteiger partial charge in [-0.15, -0.1) is 0 Å². The first-order valence-electron chi connectivity index (χ1n) is 10.5. The van der Waals surface area contributed by atoms with Crippen LogP contribution < -0.4 is 0 Å². The number of piperazine rings is 1. The van der Waals surface area contributed by atoms with Gasteiger partial charge in [-0.2, -0.15) is 5.10 Å². The van der Waals surface area contributed by atoms with Crippen LogP contribution in [0.25, 0.3) is 5.65 Å². The molecule has 1 amide bonds. The number of amides is 1. The smallest absolute Gasteiger partial charge is 0.410 e. The van der Waals surface area contributed by atoms with E-state index < -0.39 is 5.60 Å². The molecule has 8 heteroatoms. The van der Waals surface area contributed by atoms with Gasteiger partial charge in [0.25, 0.3) is 0 Å². The highest BCUT2D eigenvalue weighted by Gasteiger charge is 2.34. The van der Waals surface area contributed by atoms with E-state index in [2.05, 4.69) is 26.8 Å². The summed E-state index contributed by atoms with van der Waals surface area (Å²) in [6.07, 6.45) is 4.86. The summed E-state index contributed by atoms with van der Waals surface area (Å²) in [5, 5.41) is 4.15. The Morgan fingerprint density at radius 3 is 3.07 bits per heavy atom. The maximum atomic E-state index is 12.5. The molecule has 2 saturated heterocycles. The number of carbonyl (C=O) groups is 1. The number of hydrogen-bond acceptors (Lipinski definition) is 6. The highest BCUT2D eigenvalue weighted by molar-refractivity contribution is 5.68. The molecule has 30 heavy (non-hydrogen) atoms. The van der Waals surface area contributed by atoms with E-state index in [4.69, 9.17) is 9.47 Å². The highest BCUT2D eigenvalue weighted by atomic mass is 16.6. The molecule has 2 aromatic heterocycles. The molecule has 2 aromatic rings. The van der Waals surface area contributed by atoms with E-state index in [-0.39, 0.29) is 12.1 Å². The van der Waals surface area contributed by atoms with Gasteiger partial charge in [-0.1, -0.05) is 11.8 Å². The van der Waals surface area contributed by atoms with Crippen molar-refractivity contribution < 1.29 is 14.3 Å². The first-order valence-corrected chi connectivity index (χ1v) is 10.5. The van der Waals surface area contributed by atoms with Crippen molar-refractivity contribution in [3.05, 3.63) is 30.2 Å².